The molecular weight excluding hydrogens is 340 g/mol. The third kappa shape index (κ3) is 5.77. The van der Waals surface area contributed by atoms with Crippen molar-refractivity contribution in [2.75, 3.05) is 51.3 Å². The molecule has 1 aromatic carbocycles. The Morgan fingerprint density at radius 1 is 1.22 bits per heavy atom. The Hall–Kier alpha value is -2.44. The Morgan fingerprint density at radius 3 is 2.74 bits per heavy atom. The highest BCUT2D eigenvalue weighted by Crippen LogP contribution is 2.13. The smallest absolute Gasteiger partial charge is 0.255 e. The van der Waals surface area contributed by atoms with Crippen LogP contribution in [-0.2, 0) is 11.3 Å². The summed E-state index contributed by atoms with van der Waals surface area (Å²) in [5, 5.41) is 3.38. The van der Waals surface area contributed by atoms with Gasteiger partial charge in [0.15, 0.2) is 0 Å². The molecule has 3 rings (SSSR count). The third-order valence-corrected chi connectivity index (χ3v) is 4.73. The molecule has 1 aliphatic rings. The summed E-state index contributed by atoms with van der Waals surface area (Å²) in [4.78, 5) is 21.4. The normalized spacial score (nSPS) is 14.7. The Labute approximate surface area is 161 Å². The van der Waals surface area contributed by atoms with Gasteiger partial charge in [-0.05, 0) is 18.6 Å². The molecule has 27 heavy (non-hydrogen) atoms. The minimum Gasteiger partial charge on any atom is -0.382 e. The molecule has 1 aliphatic heterocycles. The molecule has 6 heteroatoms. The number of anilines is 1. The minimum atomic E-state index is 0.00526. The van der Waals surface area contributed by atoms with Crippen LogP contribution in [0.15, 0.2) is 48.8 Å². The highest BCUT2D eigenvalue weighted by atomic mass is 16.5. The number of rotatable bonds is 8. The first-order valence-electron chi connectivity index (χ1n) is 9.58. The summed E-state index contributed by atoms with van der Waals surface area (Å²) in [7, 11) is 0. The van der Waals surface area contributed by atoms with Crippen LogP contribution in [0.1, 0.15) is 22.8 Å². The van der Waals surface area contributed by atoms with Crippen LogP contribution in [0.2, 0.25) is 0 Å². The summed E-state index contributed by atoms with van der Waals surface area (Å²) in [5.41, 5.74) is 2.62. The molecule has 0 atom stereocenters. The fourth-order valence-electron chi connectivity index (χ4n) is 3.15. The molecule has 1 N–H and O–H groups in total. The predicted octanol–water partition coefficient (Wildman–Crippen LogP) is 2.49. The molecule has 0 saturated carbocycles. The summed E-state index contributed by atoms with van der Waals surface area (Å²) in [6, 6.07) is 11.9. The molecular formula is C21H28N4O2. The second-order valence-electron chi connectivity index (χ2n) is 6.65. The first-order chi connectivity index (χ1) is 13.3. The van der Waals surface area contributed by atoms with Crippen LogP contribution in [0.3, 0.4) is 0 Å². The van der Waals surface area contributed by atoms with Gasteiger partial charge in [-0.1, -0.05) is 30.3 Å². The van der Waals surface area contributed by atoms with Crippen molar-refractivity contribution in [3.8, 4) is 0 Å². The lowest BCUT2D eigenvalue weighted by Crippen LogP contribution is -2.39. The van der Waals surface area contributed by atoms with Crippen LogP contribution in [0.5, 0.6) is 0 Å². The number of carbonyl (C=O) groups excluding carboxylic acids is 1. The van der Waals surface area contributed by atoms with Crippen molar-refractivity contribution in [1.29, 1.82) is 0 Å². The van der Waals surface area contributed by atoms with Crippen molar-refractivity contribution >= 4 is 11.6 Å². The minimum absolute atomic E-state index is 0.00526. The van der Waals surface area contributed by atoms with E-state index in [1.54, 1.807) is 12.4 Å². The molecule has 1 fully saturated rings. The number of nitrogens with zero attached hydrogens (tertiary/aromatic N) is 3. The third-order valence-electron chi connectivity index (χ3n) is 4.73. The molecule has 0 unspecified atom stereocenters. The number of amides is 1. The highest BCUT2D eigenvalue weighted by molar-refractivity contribution is 5.94. The van der Waals surface area contributed by atoms with E-state index >= 15 is 0 Å². The molecule has 0 bridgehead atoms. The van der Waals surface area contributed by atoms with Gasteiger partial charge in [0.1, 0.15) is 0 Å². The van der Waals surface area contributed by atoms with Crippen molar-refractivity contribution in [2.24, 2.45) is 0 Å². The van der Waals surface area contributed by atoms with Gasteiger partial charge in [0.2, 0.25) is 0 Å². The van der Waals surface area contributed by atoms with Gasteiger partial charge >= 0.3 is 0 Å². The molecule has 2 heterocycles. The van der Waals surface area contributed by atoms with Crippen LogP contribution < -0.4 is 5.32 Å². The van der Waals surface area contributed by atoms with Crippen LogP contribution in [0, 0.1) is 0 Å². The van der Waals surface area contributed by atoms with Crippen molar-refractivity contribution in [1.82, 2.24) is 14.8 Å². The zero-order valence-corrected chi connectivity index (χ0v) is 15.9. The Kier molecular flexibility index (Phi) is 7.19. The van der Waals surface area contributed by atoms with Crippen LogP contribution in [-0.4, -0.2) is 66.6 Å². The van der Waals surface area contributed by atoms with Crippen LogP contribution in [0.4, 0.5) is 5.69 Å². The molecule has 1 aromatic heterocycles. The number of hydrogen-bond acceptors (Lipinski definition) is 5. The standard InChI is InChI=1S/C21H28N4O2/c1-2-25(17-18-6-4-3-5-7-18)21(26)19-14-20(16-22-15-19)23-8-9-24-10-12-27-13-11-24/h3-7,14-16,23H,2,8-13,17H2,1H3. The summed E-state index contributed by atoms with van der Waals surface area (Å²) in [5.74, 6) is 0.00526. The molecule has 2 aromatic rings. The van der Waals surface area contributed by atoms with Crippen LogP contribution >= 0.6 is 0 Å². The second-order valence-corrected chi connectivity index (χ2v) is 6.65. The molecule has 0 aliphatic carbocycles. The monoisotopic (exact) mass is 368 g/mol. The quantitative estimate of drug-likeness (QED) is 0.776. The van der Waals surface area contributed by atoms with Gasteiger partial charge in [-0.2, -0.15) is 0 Å². The Balaban J connectivity index is 1.56. The average Bonchev–Trinajstić information content (AvgIpc) is 2.73. The van der Waals surface area contributed by atoms with Gasteiger partial charge < -0.3 is 15.0 Å². The number of pyridine rings is 1. The van der Waals surface area contributed by atoms with Gasteiger partial charge in [0.05, 0.1) is 24.5 Å². The maximum atomic E-state index is 12.9. The lowest BCUT2D eigenvalue weighted by atomic mass is 10.2. The van der Waals surface area contributed by atoms with Crippen molar-refractivity contribution in [3.05, 3.63) is 59.9 Å². The fourth-order valence-corrected chi connectivity index (χ4v) is 3.15. The lowest BCUT2D eigenvalue weighted by Gasteiger charge is -2.26. The first-order valence-corrected chi connectivity index (χ1v) is 9.58. The number of carbonyl (C=O) groups is 1. The lowest BCUT2D eigenvalue weighted by molar-refractivity contribution is 0.0398. The summed E-state index contributed by atoms with van der Waals surface area (Å²) in [6.07, 6.45) is 3.41. The van der Waals surface area contributed by atoms with E-state index in [1.165, 1.54) is 0 Å². The molecule has 1 saturated heterocycles. The zero-order valence-electron chi connectivity index (χ0n) is 15.9. The van der Waals surface area contributed by atoms with E-state index in [9.17, 15) is 4.79 Å². The summed E-state index contributed by atoms with van der Waals surface area (Å²) in [6.45, 7) is 8.59. The van der Waals surface area contributed by atoms with E-state index in [0.717, 1.165) is 50.6 Å². The van der Waals surface area contributed by atoms with Gasteiger partial charge in [-0.15, -0.1) is 0 Å². The number of ether oxygens (including phenoxy) is 1. The Bertz CT molecular complexity index is 717. The number of benzene rings is 1. The highest BCUT2D eigenvalue weighted by Gasteiger charge is 2.15. The zero-order chi connectivity index (χ0) is 18.9. The molecule has 144 valence electrons. The number of hydrogen-bond donors (Lipinski definition) is 1. The van der Waals surface area contributed by atoms with E-state index in [2.05, 4.69) is 15.2 Å². The maximum Gasteiger partial charge on any atom is 0.255 e. The molecule has 0 spiro atoms. The number of aromatic nitrogens is 1. The Morgan fingerprint density at radius 2 is 2.00 bits per heavy atom. The topological polar surface area (TPSA) is 57.7 Å². The molecule has 1 amide bonds. The summed E-state index contributed by atoms with van der Waals surface area (Å²) >= 11 is 0. The van der Waals surface area contributed by atoms with Crippen molar-refractivity contribution in [3.63, 3.8) is 0 Å². The van der Waals surface area contributed by atoms with E-state index in [0.29, 0.717) is 18.7 Å². The first kappa shape index (κ1) is 19.3. The molecule has 6 nitrogen and oxygen atoms in total. The fraction of sp³-hybridized carbons (Fsp3) is 0.429. The van der Waals surface area contributed by atoms with Gasteiger partial charge in [-0.3, -0.25) is 14.7 Å². The predicted molar refractivity (Wildman–Crippen MR) is 107 cm³/mol. The average molecular weight is 368 g/mol. The van der Waals surface area contributed by atoms with Crippen molar-refractivity contribution in [2.45, 2.75) is 13.5 Å². The largest absolute Gasteiger partial charge is 0.382 e. The number of nitrogens with one attached hydrogen (secondary N) is 1. The van der Waals surface area contributed by atoms with Crippen LogP contribution in [0.25, 0.3) is 0 Å². The van der Waals surface area contributed by atoms with E-state index in [4.69, 9.17) is 4.74 Å². The van der Waals surface area contributed by atoms with Crippen molar-refractivity contribution < 1.29 is 9.53 Å². The number of morpholine rings is 1. The summed E-state index contributed by atoms with van der Waals surface area (Å²) < 4.78 is 5.37. The molecule has 0 radical (unpaired) electrons. The van der Waals surface area contributed by atoms with E-state index < -0.39 is 0 Å². The van der Waals surface area contributed by atoms with Gasteiger partial charge in [0, 0.05) is 51.7 Å². The SMILES string of the molecule is CCN(Cc1ccccc1)C(=O)c1cncc(NCCN2CCOCC2)c1. The van der Waals surface area contributed by atoms with E-state index in [1.807, 2.05) is 48.2 Å². The second kappa shape index (κ2) is 10.0. The van der Waals surface area contributed by atoms with Gasteiger partial charge in [-0.25, -0.2) is 0 Å². The van der Waals surface area contributed by atoms with Gasteiger partial charge in [0.25, 0.3) is 5.91 Å². The van der Waals surface area contributed by atoms with E-state index in [-0.39, 0.29) is 5.91 Å². The maximum absolute atomic E-state index is 12.9.